The number of aliphatic carboxylic acids is 1. The van der Waals surface area contributed by atoms with Crippen LogP contribution in [0.4, 0.5) is 0 Å². The third-order valence-electron chi connectivity index (χ3n) is 6.03. The van der Waals surface area contributed by atoms with Crippen molar-refractivity contribution in [3.05, 3.63) is 23.5 Å². The zero-order valence-corrected chi connectivity index (χ0v) is 19.6. The van der Waals surface area contributed by atoms with Crippen molar-refractivity contribution in [1.29, 1.82) is 0 Å². The number of carbonyl (C=O) groups is 2. The highest BCUT2D eigenvalue weighted by molar-refractivity contribution is 5.96. The Bertz CT molecular complexity index is 591. The third-order valence-corrected chi connectivity index (χ3v) is 6.03. The molecular formula is C26H45NO3. The first kappa shape index (κ1) is 26.5. The quantitative estimate of drug-likeness (QED) is 0.176. The highest BCUT2D eigenvalue weighted by Gasteiger charge is 2.11. The fourth-order valence-electron chi connectivity index (χ4n) is 4.05. The van der Waals surface area contributed by atoms with Gasteiger partial charge in [0, 0.05) is 30.9 Å². The van der Waals surface area contributed by atoms with E-state index in [1.807, 2.05) is 23.9 Å². The number of aryl methyl sites for hydroxylation is 2. The summed E-state index contributed by atoms with van der Waals surface area (Å²) in [6.45, 7) is 2.27. The number of carbonyl (C=O) groups excluding carboxylic acids is 1. The van der Waals surface area contributed by atoms with Crippen molar-refractivity contribution < 1.29 is 14.7 Å². The summed E-state index contributed by atoms with van der Waals surface area (Å²) >= 11 is 0. The summed E-state index contributed by atoms with van der Waals surface area (Å²) in [5.74, 6) is -0.622. The SMILES string of the molecule is CCCCCCCCCCCCCCCCCC(=O)c1cc(CCC(=O)O)n(C)c1. The van der Waals surface area contributed by atoms with Gasteiger partial charge in [-0.15, -0.1) is 0 Å². The highest BCUT2D eigenvalue weighted by atomic mass is 16.4. The second-order valence-corrected chi connectivity index (χ2v) is 8.85. The summed E-state index contributed by atoms with van der Waals surface area (Å²) in [7, 11) is 1.88. The molecule has 0 fully saturated rings. The third kappa shape index (κ3) is 12.9. The first-order chi connectivity index (χ1) is 14.5. The van der Waals surface area contributed by atoms with Crippen molar-refractivity contribution in [3.8, 4) is 0 Å². The van der Waals surface area contributed by atoms with Gasteiger partial charge in [0.1, 0.15) is 0 Å². The molecule has 0 aliphatic rings. The van der Waals surface area contributed by atoms with Crippen LogP contribution in [0.15, 0.2) is 12.3 Å². The number of aromatic nitrogens is 1. The van der Waals surface area contributed by atoms with Gasteiger partial charge in [0.15, 0.2) is 5.78 Å². The second-order valence-electron chi connectivity index (χ2n) is 8.85. The largest absolute Gasteiger partial charge is 0.481 e. The van der Waals surface area contributed by atoms with Crippen molar-refractivity contribution >= 4 is 11.8 Å². The molecule has 0 amide bonds. The molecule has 0 bridgehead atoms. The molecule has 1 N–H and O–H groups in total. The number of carboxylic acid groups (broad SMARTS) is 1. The first-order valence-electron chi connectivity index (χ1n) is 12.4. The van der Waals surface area contributed by atoms with Gasteiger partial charge in [-0.05, 0) is 18.9 Å². The van der Waals surface area contributed by atoms with Crippen LogP contribution in [0, 0.1) is 0 Å². The van der Waals surface area contributed by atoms with Gasteiger partial charge in [-0.1, -0.05) is 96.8 Å². The molecule has 0 aromatic carbocycles. The van der Waals surface area contributed by atoms with Crippen LogP contribution in [0.3, 0.4) is 0 Å². The van der Waals surface area contributed by atoms with E-state index in [2.05, 4.69) is 6.92 Å². The number of carboxylic acids is 1. The molecular weight excluding hydrogens is 374 g/mol. The normalized spacial score (nSPS) is 11.1. The van der Waals surface area contributed by atoms with Crippen LogP contribution in [0.5, 0.6) is 0 Å². The van der Waals surface area contributed by atoms with Crippen LogP contribution in [-0.2, 0) is 18.3 Å². The second kappa shape index (κ2) is 17.1. The van der Waals surface area contributed by atoms with E-state index in [0.29, 0.717) is 12.8 Å². The van der Waals surface area contributed by atoms with Gasteiger partial charge in [0.25, 0.3) is 0 Å². The van der Waals surface area contributed by atoms with E-state index < -0.39 is 5.97 Å². The molecule has 1 aromatic rings. The Kier molecular flexibility index (Phi) is 15.1. The number of unbranched alkanes of at least 4 members (excludes halogenated alkanes) is 14. The maximum absolute atomic E-state index is 12.4. The van der Waals surface area contributed by atoms with Gasteiger partial charge in [0.2, 0.25) is 0 Å². The van der Waals surface area contributed by atoms with Gasteiger partial charge in [0.05, 0.1) is 6.42 Å². The molecule has 4 heteroatoms. The molecule has 4 nitrogen and oxygen atoms in total. The smallest absolute Gasteiger partial charge is 0.303 e. The molecule has 0 radical (unpaired) electrons. The maximum Gasteiger partial charge on any atom is 0.303 e. The molecule has 0 unspecified atom stereocenters. The minimum absolute atomic E-state index is 0.102. The molecule has 1 heterocycles. The van der Waals surface area contributed by atoms with Crippen LogP contribution in [0.25, 0.3) is 0 Å². The van der Waals surface area contributed by atoms with Gasteiger partial charge >= 0.3 is 5.97 Å². The fraction of sp³-hybridized carbons (Fsp3) is 0.769. The van der Waals surface area contributed by atoms with E-state index in [9.17, 15) is 9.59 Å². The molecule has 1 rings (SSSR count). The number of hydrogen-bond acceptors (Lipinski definition) is 2. The van der Waals surface area contributed by atoms with E-state index in [1.165, 1.54) is 83.5 Å². The first-order valence-corrected chi connectivity index (χ1v) is 12.4. The Balaban J connectivity index is 1.96. The molecule has 0 saturated carbocycles. The van der Waals surface area contributed by atoms with Crippen molar-refractivity contribution in [2.45, 2.75) is 122 Å². The minimum Gasteiger partial charge on any atom is -0.481 e. The van der Waals surface area contributed by atoms with E-state index in [-0.39, 0.29) is 12.2 Å². The van der Waals surface area contributed by atoms with Crippen molar-refractivity contribution in [2.24, 2.45) is 7.05 Å². The summed E-state index contributed by atoms with van der Waals surface area (Å²) in [5.41, 5.74) is 1.64. The van der Waals surface area contributed by atoms with Crippen LogP contribution in [0.2, 0.25) is 0 Å². The average Bonchev–Trinajstić information content (AvgIpc) is 3.10. The molecule has 0 atom stereocenters. The molecule has 0 aliphatic heterocycles. The highest BCUT2D eigenvalue weighted by Crippen LogP contribution is 2.16. The fourth-order valence-corrected chi connectivity index (χ4v) is 4.05. The van der Waals surface area contributed by atoms with Crippen LogP contribution < -0.4 is 0 Å². The van der Waals surface area contributed by atoms with Gasteiger partial charge in [-0.2, -0.15) is 0 Å². The Morgan fingerprint density at radius 3 is 1.70 bits per heavy atom. The van der Waals surface area contributed by atoms with Crippen molar-refractivity contribution in [1.82, 2.24) is 4.57 Å². The lowest BCUT2D eigenvalue weighted by Gasteiger charge is -2.03. The lowest BCUT2D eigenvalue weighted by Crippen LogP contribution is -2.01. The summed E-state index contributed by atoms with van der Waals surface area (Å²) in [4.78, 5) is 23.1. The predicted molar refractivity (Wildman–Crippen MR) is 125 cm³/mol. The summed E-state index contributed by atoms with van der Waals surface area (Å²) in [6.07, 6.45) is 22.9. The number of ketones is 1. The number of hydrogen-bond donors (Lipinski definition) is 1. The molecule has 30 heavy (non-hydrogen) atoms. The minimum atomic E-state index is -0.804. The van der Waals surface area contributed by atoms with Gasteiger partial charge in [-0.25, -0.2) is 0 Å². The van der Waals surface area contributed by atoms with Crippen LogP contribution >= 0.6 is 0 Å². The van der Waals surface area contributed by atoms with Crippen LogP contribution in [0.1, 0.15) is 132 Å². The molecule has 172 valence electrons. The Hall–Kier alpha value is -1.58. The summed E-state index contributed by atoms with van der Waals surface area (Å²) in [6, 6.07) is 1.86. The average molecular weight is 420 g/mol. The van der Waals surface area contributed by atoms with Crippen molar-refractivity contribution in [2.75, 3.05) is 0 Å². The van der Waals surface area contributed by atoms with E-state index in [4.69, 9.17) is 5.11 Å². The van der Waals surface area contributed by atoms with E-state index in [1.54, 1.807) is 0 Å². The zero-order valence-electron chi connectivity index (χ0n) is 19.6. The molecule has 0 aliphatic carbocycles. The van der Waals surface area contributed by atoms with Crippen molar-refractivity contribution in [3.63, 3.8) is 0 Å². The molecule has 1 aromatic heterocycles. The number of rotatable bonds is 20. The van der Waals surface area contributed by atoms with Gasteiger partial charge in [-0.3, -0.25) is 9.59 Å². The summed E-state index contributed by atoms with van der Waals surface area (Å²) in [5, 5.41) is 8.81. The molecule has 0 spiro atoms. The Morgan fingerprint density at radius 2 is 1.23 bits per heavy atom. The standard InChI is InChI=1S/C26H45NO3/c1-3-4-5-6-7-8-9-10-11-12-13-14-15-16-17-18-25(28)23-21-24(27(2)22-23)19-20-26(29)30/h21-22H,3-20H2,1-2H3,(H,29,30). The number of nitrogens with zero attached hydrogens (tertiary/aromatic N) is 1. The predicted octanol–water partition coefficient (Wildman–Crippen LogP) is 7.49. The topological polar surface area (TPSA) is 59.3 Å². The molecule has 0 saturated heterocycles. The summed E-state index contributed by atoms with van der Waals surface area (Å²) < 4.78 is 1.88. The zero-order chi connectivity index (χ0) is 22.0. The lowest BCUT2D eigenvalue weighted by atomic mass is 10.0. The van der Waals surface area contributed by atoms with E-state index in [0.717, 1.165) is 24.1 Å². The van der Waals surface area contributed by atoms with Crippen LogP contribution in [-0.4, -0.2) is 21.4 Å². The maximum atomic E-state index is 12.4. The van der Waals surface area contributed by atoms with E-state index >= 15 is 0 Å². The van der Waals surface area contributed by atoms with Gasteiger partial charge < -0.3 is 9.67 Å². The Labute approximate surface area is 184 Å². The number of Topliss-reactive ketones (excluding diaryl/α,β-unsaturated/α-hetero) is 1. The Morgan fingerprint density at radius 1 is 0.767 bits per heavy atom. The lowest BCUT2D eigenvalue weighted by molar-refractivity contribution is -0.136. The monoisotopic (exact) mass is 419 g/mol.